The molecule has 4 aliphatic heterocycles. The number of likely N-dealkylation sites (tertiary alicyclic amines) is 1. The Hall–Kier alpha value is -3.01. The molecule has 1 amide bonds. The van der Waals surface area contributed by atoms with Crippen molar-refractivity contribution in [1.82, 2.24) is 25.3 Å². The van der Waals surface area contributed by atoms with Crippen LogP contribution in [0.3, 0.4) is 0 Å². The van der Waals surface area contributed by atoms with Gasteiger partial charge >= 0.3 is 0 Å². The number of likely N-dealkylation sites (N-methyl/N-ethyl adjacent to an activating group) is 1. The van der Waals surface area contributed by atoms with E-state index in [0.29, 0.717) is 45.1 Å². The molecule has 7 atom stereocenters. The number of ketones is 1. The number of rotatable bonds is 8. The first kappa shape index (κ1) is 35.4. The van der Waals surface area contributed by atoms with E-state index in [1.165, 1.54) is 25.3 Å². The van der Waals surface area contributed by atoms with Crippen LogP contribution in [-0.4, -0.2) is 109 Å². The van der Waals surface area contributed by atoms with Crippen molar-refractivity contribution >= 4 is 11.7 Å². The molecule has 5 fully saturated rings. The van der Waals surface area contributed by atoms with Gasteiger partial charge in [0.05, 0.1) is 44.0 Å². The Labute approximate surface area is 297 Å². The van der Waals surface area contributed by atoms with E-state index in [9.17, 15) is 10.1 Å². The van der Waals surface area contributed by atoms with Gasteiger partial charge in [-0.15, -0.1) is 0 Å². The molecule has 2 aliphatic carbocycles. The Bertz CT molecular complexity index is 1460. The van der Waals surface area contributed by atoms with Gasteiger partial charge in [-0.2, -0.15) is 5.26 Å². The molecule has 3 saturated heterocycles. The van der Waals surface area contributed by atoms with E-state index >= 15 is 4.79 Å². The second-order valence-electron chi connectivity index (χ2n) is 15.6. The van der Waals surface area contributed by atoms with Crippen molar-refractivity contribution in [1.29, 1.82) is 5.26 Å². The van der Waals surface area contributed by atoms with E-state index in [1.54, 1.807) is 7.11 Å². The molecule has 11 heteroatoms. The Kier molecular flexibility index (Phi) is 10.6. The summed E-state index contributed by atoms with van der Waals surface area (Å²) in [7, 11) is 3.83. The Morgan fingerprint density at radius 2 is 1.90 bits per heavy atom. The topological polar surface area (TPSA) is 119 Å². The predicted molar refractivity (Wildman–Crippen MR) is 189 cm³/mol. The van der Waals surface area contributed by atoms with Gasteiger partial charge in [0.15, 0.2) is 17.7 Å². The number of carbonyl (C=O) groups is 2. The lowest BCUT2D eigenvalue weighted by molar-refractivity contribution is -0.192. The van der Waals surface area contributed by atoms with Crippen molar-refractivity contribution in [2.24, 2.45) is 11.8 Å². The second kappa shape index (κ2) is 14.9. The summed E-state index contributed by atoms with van der Waals surface area (Å²) < 4.78 is 19.2. The molecule has 0 radical (unpaired) electrons. The standard InChI is InChI=1S/C39H56N6O5/c1-4-34(46)45-23-22-44(25-28(45)18-20-40)39(27-12-8-6-5-7-9-13-27)31-17-19-38(24-30-32(48-3)15-10-16-33(30)50-38)36(47)35(31)41-37(42-39)49-26-29-14-11-21-43(29)2/h4,10,15-16,27-29,31,35,37,41-42H,1,5-9,11-14,17-19,21-26H2,2-3H3/t28?,29?,31?,35?,37?,38-,39?/m1/s1. The van der Waals surface area contributed by atoms with Gasteiger partial charge in [0.2, 0.25) is 5.91 Å². The third-order valence-electron chi connectivity index (χ3n) is 13.0. The van der Waals surface area contributed by atoms with Crippen molar-refractivity contribution in [2.45, 2.75) is 119 Å². The number of fused-ring (bicyclic) bond motifs is 2. The lowest BCUT2D eigenvalue weighted by Crippen LogP contribution is -2.83. The highest BCUT2D eigenvalue weighted by Gasteiger charge is 2.64. The fourth-order valence-corrected chi connectivity index (χ4v) is 10.4. The summed E-state index contributed by atoms with van der Waals surface area (Å²) in [6, 6.07) is 7.74. The molecule has 1 spiro atoms. The molecule has 1 aromatic carbocycles. The average Bonchev–Trinajstić information content (AvgIpc) is 3.71. The number of Topliss-reactive ketones (excluding diaryl/α,β-unsaturated/α-hetero) is 1. The maximum absolute atomic E-state index is 15.2. The zero-order chi connectivity index (χ0) is 34.9. The molecule has 6 aliphatic rings. The van der Waals surface area contributed by atoms with E-state index in [2.05, 4.69) is 40.1 Å². The highest BCUT2D eigenvalue weighted by atomic mass is 16.5. The lowest BCUT2D eigenvalue weighted by atomic mass is 9.62. The first-order valence-corrected chi connectivity index (χ1v) is 19.1. The zero-order valence-corrected chi connectivity index (χ0v) is 30.0. The largest absolute Gasteiger partial charge is 0.496 e. The first-order valence-electron chi connectivity index (χ1n) is 19.1. The fourth-order valence-electron chi connectivity index (χ4n) is 10.4. The van der Waals surface area contributed by atoms with Gasteiger partial charge in [0.1, 0.15) is 11.5 Å². The van der Waals surface area contributed by atoms with Crippen molar-refractivity contribution in [3.8, 4) is 17.6 Å². The number of nitrogens with one attached hydrogen (secondary N) is 2. The Morgan fingerprint density at radius 1 is 1.10 bits per heavy atom. The lowest BCUT2D eigenvalue weighted by Gasteiger charge is -2.63. The van der Waals surface area contributed by atoms with Crippen LogP contribution in [0.1, 0.15) is 82.6 Å². The molecule has 50 heavy (non-hydrogen) atoms. The molecule has 1 aromatic rings. The maximum Gasteiger partial charge on any atom is 0.246 e. The molecule has 11 nitrogen and oxygen atoms in total. The van der Waals surface area contributed by atoms with Crippen molar-refractivity contribution in [3.05, 3.63) is 36.4 Å². The van der Waals surface area contributed by atoms with Crippen LogP contribution in [0, 0.1) is 23.2 Å². The number of piperazine rings is 1. The van der Waals surface area contributed by atoms with Crippen molar-refractivity contribution < 1.29 is 23.8 Å². The minimum absolute atomic E-state index is 0.0577. The molecule has 6 unspecified atom stereocenters. The molecule has 7 rings (SSSR count). The van der Waals surface area contributed by atoms with E-state index in [0.717, 1.165) is 68.6 Å². The van der Waals surface area contributed by atoms with Crippen LogP contribution in [0.15, 0.2) is 30.9 Å². The predicted octanol–water partition coefficient (Wildman–Crippen LogP) is 3.97. The molecule has 2 N–H and O–H groups in total. The van der Waals surface area contributed by atoms with Crippen molar-refractivity contribution in [2.75, 3.05) is 46.9 Å². The van der Waals surface area contributed by atoms with Gasteiger partial charge in [-0.25, -0.2) is 0 Å². The summed E-state index contributed by atoms with van der Waals surface area (Å²) in [5.41, 5.74) is -0.581. The number of methoxy groups -OCH3 is 1. The smallest absolute Gasteiger partial charge is 0.246 e. The van der Waals surface area contributed by atoms with Crippen molar-refractivity contribution in [3.63, 3.8) is 0 Å². The van der Waals surface area contributed by atoms with Crippen LogP contribution in [0.5, 0.6) is 11.5 Å². The highest BCUT2D eigenvalue weighted by Crippen LogP contribution is 2.52. The van der Waals surface area contributed by atoms with Gasteiger partial charge in [0, 0.05) is 43.6 Å². The number of carbonyl (C=O) groups excluding carboxylic acids is 2. The number of hydrogen-bond acceptors (Lipinski definition) is 10. The average molecular weight is 689 g/mol. The monoisotopic (exact) mass is 688 g/mol. The van der Waals surface area contributed by atoms with Crippen LogP contribution in [-0.2, 0) is 20.7 Å². The molecule has 4 heterocycles. The number of benzene rings is 1. The zero-order valence-electron chi connectivity index (χ0n) is 30.0. The SMILES string of the molecule is C=CC(=O)N1CCN(C2(C3CCCCCCC3)NC(OCC3CCCN3C)NC3C(=O)[C@@]4(CCC32)Cc2c(OC)cccc2O4)CC1CC#N. The van der Waals surface area contributed by atoms with Gasteiger partial charge in [-0.05, 0) is 76.2 Å². The van der Waals surface area contributed by atoms with Crippen LogP contribution >= 0.6 is 0 Å². The second-order valence-corrected chi connectivity index (χ2v) is 15.6. The third kappa shape index (κ3) is 6.36. The van der Waals surface area contributed by atoms with E-state index in [-0.39, 0.29) is 36.0 Å². The maximum atomic E-state index is 15.2. The normalized spacial score (nSPS) is 35.4. The Morgan fingerprint density at radius 3 is 2.62 bits per heavy atom. The molecule has 272 valence electrons. The number of nitrogens with zero attached hydrogens (tertiary/aromatic N) is 4. The van der Waals surface area contributed by atoms with Crippen LogP contribution in [0.2, 0.25) is 0 Å². The fraction of sp³-hybridized carbons (Fsp3) is 0.718. The molecule has 2 saturated carbocycles. The van der Waals surface area contributed by atoms with Crippen LogP contribution in [0.25, 0.3) is 0 Å². The van der Waals surface area contributed by atoms with Gasteiger partial charge in [0.25, 0.3) is 0 Å². The first-order chi connectivity index (χ1) is 24.3. The summed E-state index contributed by atoms with van der Waals surface area (Å²) in [4.78, 5) is 34.9. The molecule has 0 aromatic heterocycles. The Balaban J connectivity index is 1.28. The van der Waals surface area contributed by atoms with Gasteiger partial charge < -0.3 is 24.0 Å². The minimum Gasteiger partial charge on any atom is -0.496 e. The number of amides is 1. The van der Waals surface area contributed by atoms with E-state index < -0.39 is 23.7 Å². The van der Waals surface area contributed by atoms with E-state index in [4.69, 9.17) is 14.2 Å². The molecular formula is C39H56N6O5. The van der Waals surface area contributed by atoms with E-state index in [1.807, 2.05) is 23.1 Å². The summed E-state index contributed by atoms with van der Waals surface area (Å²) in [6.07, 6.45) is 13.3. The van der Waals surface area contributed by atoms with Crippen LogP contribution in [0.4, 0.5) is 0 Å². The quantitative estimate of drug-likeness (QED) is 0.389. The summed E-state index contributed by atoms with van der Waals surface area (Å²) in [6.45, 7) is 7.08. The summed E-state index contributed by atoms with van der Waals surface area (Å²) >= 11 is 0. The highest BCUT2D eigenvalue weighted by molar-refractivity contribution is 5.95. The molecule has 0 bridgehead atoms. The van der Waals surface area contributed by atoms with Gasteiger partial charge in [-0.1, -0.05) is 44.7 Å². The number of ether oxygens (including phenoxy) is 3. The number of hydrogen-bond donors (Lipinski definition) is 2. The van der Waals surface area contributed by atoms with Gasteiger partial charge in [-0.3, -0.25) is 25.1 Å². The minimum atomic E-state index is -0.968. The summed E-state index contributed by atoms with van der Waals surface area (Å²) in [5, 5.41) is 17.7. The molecular weight excluding hydrogens is 632 g/mol. The van der Waals surface area contributed by atoms with Crippen LogP contribution < -0.4 is 20.1 Å². The number of nitriles is 1. The summed E-state index contributed by atoms with van der Waals surface area (Å²) in [5.74, 6) is 1.66. The third-order valence-corrected chi connectivity index (χ3v) is 13.0.